The summed E-state index contributed by atoms with van der Waals surface area (Å²) >= 11 is 15.4. The fraction of sp³-hybridized carbons (Fsp3) is 0.533. The molecule has 3 atom stereocenters. The summed E-state index contributed by atoms with van der Waals surface area (Å²) in [5.41, 5.74) is 6.54. The van der Waals surface area contributed by atoms with Crippen molar-refractivity contribution in [3.8, 4) is 0 Å². The van der Waals surface area contributed by atoms with E-state index in [9.17, 15) is 53.1 Å². The summed E-state index contributed by atoms with van der Waals surface area (Å²) in [6.07, 6.45) is 0. The van der Waals surface area contributed by atoms with Gasteiger partial charge >= 0.3 is 44.5 Å². The van der Waals surface area contributed by atoms with Crippen molar-refractivity contribution in [3.05, 3.63) is 35.9 Å². The number of hydrogen-bond donors (Lipinski definition) is 2. The normalized spacial score (nSPS) is 18.8. The first kappa shape index (κ1) is 32.0. The van der Waals surface area contributed by atoms with Crippen molar-refractivity contribution >= 4 is 52.4 Å². The van der Waals surface area contributed by atoms with Crippen LogP contribution in [-0.2, 0) is 11.3 Å². The average Bonchev–Trinajstić information content (AvgIpc) is 2.67. The van der Waals surface area contributed by atoms with Gasteiger partial charge in [0.15, 0.2) is 0 Å². The molecular formula is C15H10Cl4F11NO2. The van der Waals surface area contributed by atoms with Crippen LogP contribution in [0.25, 0.3) is 0 Å². The van der Waals surface area contributed by atoms with Crippen LogP contribution in [0.3, 0.4) is 0 Å². The molecule has 0 fully saturated rings. The van der Waals surface area contributed by atoms with Gasteiger partial charge in [-0.15, -0.1) is 0 Å². The van der Waals surface area contributed by atoms with E-state index in [-0.39, 0.29) is 0 Å². The maximum Gasteiger partial charge on any atom is 0.395 e. The SMILES string of the molecule is NCc1ccccc1.O=C(O)C(F)(F)C(F)(Cl)C(F)(F)C(F)(Cl)C(F)(F)C(F)(Cl)C(F)(F)Cl. The third kappa shape index (κ3) is 5.49. The topological polar surface area (TPSA) is 63.3 Å². The molecule has 192 valence electrons. The van der Waals surface area contributed by atoms with Gasteiger partial charge in [-0.3, -0.25) is 0 Å². The third-order valence-electron chi connectivity index (χ3n) is 3.67. The number of halogens is 15. The number of hydrogen-bond acceptors (Lipinski definition) is 2. The second kappa shape index (κ2) is 9.96. The lowest BCUT2D eigenvalue weighted by molar-refractivity contribution is -0.305. The molecule has 3 nitrogen and oxygen atoms in total. The zero-order valence-electron chi connectivity index (χ0n) is 15.2. The van der Waals surface area contributed by atoms with E-state index in [0.29, 0.717) is 6.54 Å². The molecule has 0 saturated heterocycles. The molecule has 0 amide bonds. The highest BCUT2D eigenvalue weighted by Gasteiger charge is 2.90. The second-order valence-electron chi connectivity index (χ2n) is 5.94. The Bertz CT molecular complexity index is 818. The van der Waals surface area contributed by atoms with E-state index < -0.39 is 44.5 Å². The van der Waals surface area contributed by atoms with Gasteiger partial charge in [-0.2, -0.15) is 35.1 Å². The molecule has 1 rings (SSSR count). The average molecular weight is 587 g/mol. The first-order valence-corrected chi connectivity index (χ1v) is 9.20. The van der Waals surface area contributed by atoms with Crippen LogP contribution in [-0.4, -0.2) is 49.6 Å². The predicted molar refractivity (Wildman–Crippen MR) is 96.7 cm³/mol. The monoisotopic (exact) mass is 585 g/mol. The van der Waals surface area contributed by atoms with E-state index in [2.05, 4.69) is 46.4 Å². The van der Waals surface area contributed by atoms with Crippen LogP contribution < -0.4 is 5.73 Å². The zero-order chi connectivity index (χ0) is 26.9. The van der Waals surface area contributed by atoms with Gasteiger partial charge in [-0.05, 0) is 17.2 Å². The van der Waals surface area contributed by atoms with E-state index in [4.69, 9.17) is 10.8 Å². The highest BCUT2D eigenvalue weighted by molar-refractivity contribution is 6.34. The summed E-state index contributed by atoms with van der Waals surface area (Å²) in [6.45, 7) is 0.640. The number of carboxylic acid groups (broad SMARTS) is 1. The van der Waals surface area contributed by atoms with Gasteiger partial charge in [0.1, 0.15) is 0 Å². The van der Waals surface area contributed by atoms with Crippen molar-refractivity contribution in [1.29, 1.82) is 0 Å². The lowest BCUT2D eigenvalue weighted by Gasteiger charge is -2.43. The van der Waals surface area contributed by atoms with Crippen LogP contribution in [0, 0.1) is 0 Å². The van der Waals surface area contributed by atoms with Crippen molar-refractivity contribution in [2.24, 2.45) is 5.73 Å². The fourth-order valence-corrected chi connectivity index (χ4v) is 2.53. The summed E-state index contributed by atoms with van der Waals surface area (Å²) in [6, 6.07) is 9.99. The Kier molecular flexibility index (Phi) is 9.67. The molecule has 3 N–H and O–H groups in total. The minimum Gasteiger partial charge on any atom is -0.477 e. The minimum atomic E-state index is -7.23. The molecule has 0 radical (unpaired) electrons. The van der Waals surface area contributed by atoms with Crippen LogP contribution in [0.2, 0.25) is 0 Å². The number of aliphatic carboxylic acids is 1. The van der Waals surface area contributed by atoms with Crippen molar-refractivity contribution in [2.45, 2.75) is 45.1 Å². The fourth-order valence-electron chi connectivity index (χ4n) is 1.72. The highest BCUT2D eigenvalue weighted by Crippen LogP contribution is 2.64. The maximum absolute atomic E-state index is 13.7. The van der Waals surface area contributed by atoms with Crippen molar-refractivity contribution in [2.75, 3.05) is 0 Å². The van der Waals surface area contributed by atoms with E-state index >= 15 is 0 Å². The molecule has 0 spiro atoms. The smallest absolute Gasteiger partial charge is 0.395 e. The van der Waals surface area contributed by atoms with Crippen LogP contribution >= 0.6 is 46.4 Å². The van der Waals surface area contributed by atoms with Crippen molar-refractivity contribution < 1.29 is 58.2 Å². The van der Waals surface area contributed by atoms with E-state index in [1.807, 2.05) is 30.3 Å². The Hall–Kier alpha value is -0.960. The van der Waals surface area contributed by atoms with E-state index in [1.165, 1.54) is 5.56 Å². The molecule has 33 heavy (non-hydrogen) atoms. The first-order chi connectivity index (χ1) is 14.4. The molecule has 0 saturated carbocycles. The lowest BCUT2D eigenvalue weighted by atomic mass is 9.94. The standard InChI is InChI=1S/C8HCl4F11O2.C7H9N/c9-3(15,2(13,14)1(24)25)6(18,19)4(10,16)7(20,21)5(11,17)8(12,22)23;8-6-7-4-2-1-3-5-7/h(H,24,25);1-5H,6,8H2. The molecule has 0 heterocycles. The Labute approximate surface area is 197 Å². The second-order valence-corrected chi connectivity index (χ2v) is 7.98. The number of nitrogens with two attached hydrogens (primary N) is 1. The number of rotatable bonds is 8. The van der Waals surface area contributed by atoms with Gasteiger partial charge in [0.2, 0.25) is 0 Å². The quantitative estimate of drug-likeness (QED) is 0.264. The van der Waals surface area contributed by atoms with E-state index in [1.54, 1.807) is 0 Å². The molecule has 1 aromatic rings. The van der Waals surface area contributed by atoms with Gasteiger partial charge in [0, 0.05) is 6.54 Å². The van der Waals surface area contributed by atoms with Crippen molar-refractivity contribution in [1.82, 2.24) is 0 Å². The lowest BCUT2D eigenvalue weighted by Crippen LogP contribution is -2.72. The van der Waals surface area contributed by atoms with Gasteiger partial charge in [0.25, 0.3) is 0 Å². The van der Waals surface area contributed by atoms with Crippen LogP contribution in [0.5, 0.6) is 0 Å². The Balaban J connectivity index is 0.00000106. The number of carboxylic acids is 1. The summed E-state index contributed by atoms with van der Waals surface area (Å²) in [5, 5.41) is -17.9. The van der Waals surface area contributed by atoms with E-state index in [0.717, 1.165) is 0 Å². The molecule has 0 aliphatic carbocycles. The minimum absolute atomic E-state index is 0.640. The molecule has 3 unspecified atom stereocenters. The summed E-state index contributed by atoms with van der Waals surface area (Å²) in [4.78, 5) is 10.0. The number of alkyl halides is 15. The molecule has 0 aromatic heterocycles. The highest BCUT2D eigenvalue weighted by atomic mass is 35.5. The molecular weight excluding hydrogens is 577 g/mol. The number of carbonyl (C=O) groups is 1. The third-order valence-corrected chi connectivity index (χ3v) is 5.46. The summed E-state index contributed by atoms with van der Waals surface area (Å²) in [7, 11) is 0. The summed E-state index contributed by atoms with van der Waals surface area (Å²) < 4.78 is 145. The van der Waals surface area contributed by atoms with Crippen LogP contribution in [0.1, 0.15) is 5.56 Å². The molecule has 0 aliphatic heterocycles. The van der Waals surface area contributed by atoms with Gasteiger partial charge in [0.05, 0.1) is 0 Å². The molecule has 0 aliphatic rings. The predicted octanol–water partition coefficient (Wildman–Crippen LogP) is 6.67. The Morgan fingerprint density at radius 2 is 1.09 bits per heavy atom. The van der Waals surface area contributed by atoms with Gasteiger partial charge in [-0.1, -0.05) is 65.1 Å². The van der Waals surface area contributed by atoms with Crippen LogP contribution in [0.4, 0.5) is 48.3 Å². The molecule has 18 heteroatoms. The zero-order valence-corrected chi connectivity index (χ0v) is 18.2. The van der Waals surface area contributed by atoms with Gasteiger partial charge < -0.3 is 10.8 Å². The summed E-state index contributed by atoms with van der Waals surface area (Å²) in [5.74, 6) is -24.7. The Morgan fingerprint density at radius 1 is 0.727 bits per heavy atom. The molecule has 0 bridgehead atoms. The Morgan fingerprint density at radius 3 is 1.36 bits per heavy atom. The van der Waals surface area contributed by atoms with Crippen LogP contribution in [0.15, 0.2) is 30.3 Å². The number of benzene rings is 1. The first-order valence-electron chi connectivity index (χ1n) is 7.68. The van der Waals surface area contributed by atoms with Crippen molar-refractivity contribution in [3.63, 3.8) is 0 Å². The molecule has 1 aromatic carbocycles. The maximum atomic E-state index is 13.7. The van der Waals surface area contributed by atoms with Gasteiger partial charge in [-0.25, -0.2) is 18.0 Å². The largest absolute Gasteiger partial charge is 0.477 e.